The van der Waals surface area contributed by atoms with Crippen molar-refractivity contribution in [1.82, 2.24) is 5.32 Å². The minimum atomic E-state index is -0.623. The minimum Gasteiger partial charge on any atom is -0.466 e. The summed E-state index contributed by atoms with van der Waals surface area (Å²) in [5.41, 5.74) is 0. The molecule has 1 fully saturated rings. The van der Waals surface area contributed by atoms with Crippen LogP contribution in [0.1, 0.15) is 39.5 Å². The van der Waals surface area contributed by atoms with Gasteiger partial charge in [0.05, 0.1) is 19.1 Å². The number of ether oxygens (including phenoxy) is 1. The average Bonchev–Trinajstić information content (AvgIpc) is 2.94. The fourth-order valence-corrected chi connectivity index (χ4v) is 1.96. The van der Waals surface area contributed by atoms with Crippen molar-refractivity contribution in [2.45, 2.75) is 51.7 Å². The lowest BCUT2D eigenvalue weighted by molar-refractivity contribution is -0.145. The molecule has 1 aliphatic rings. The summed E-state index contributed by atoms with van der Waals surface area (Å²) in [5.74, 6) is 0.456. The van der Waals surface area contributed by atoms with Crippen molar-refractivity contribution in [2.24, 2.45) is 5.92 Å². The highest BCUT2D eigenvalue weighted by Gasteiger charge is 2.35. The molecule has 2 N–H and O–H groups in total. The zero-order valence-electron chi connectivity index (χ0n) is 10.2. The van der Waals surface area contributed by atoms with Gasteiger partial charge >= 0.3 is 5.97 Å². The monoisotopic (exact) mass is 229 g/mol. The van der Waals surface area contributed by atoms with Crippen molar-refractivity contribution in [3.8, 4) is 0 Å². The number of hydrogen-bond acceptors (Lipinski definition) is 4. The van der Waals surface area contributed by atoms with Gasteiger partial charge in [-0.3, -0.25) is 4.79 Å². The van der Waals surface area contributed by atoms with Crippen LogP contribution >= 0.6 is 0 Å². The second-order valence-electron chi connectivity index (χ2n) is 4.46. The molecule has 1 aliphatic carbocycles. The molecule has 0 spiro atoms. The largest absolute Gasteiger partial charge is 0.466 e. The van der Waals surface area contributed by atoms with Crippen molar-refractivity contribution in [1.29, 1.82) is 0 Å². The highest BCUT2D eigenvalue weighted by Crippen LogP contribution is 2.34. The molecular formula is C12H23NO3. The van der Waals surface area contributed by atoms with E-state index < -0.39 is 6.10 Å². The molecule has 0 saturated heterocycles. The van der Waals surface area contributed by atoms with E-state index in [4.69, 9.17) is 4.74 Å². The Kier molecular flexibility index (Phi) is 5.77. The van der Waals surface area contributed by atoms with Gasteiger partial charge in [0.25, 0.3) is 0 Å². The van der Waals surface area contributed by atoms with Crippen LogP contribution in [0.2, 0.25) is 0 Å². The van der Waals surface area contributed by atoms with Crippen LogP contribution in [0.15, 0.2) is 0 Å². The highest BCUT2D eigenvalue weighted by molar-refractivity contribution is 5.69. The number of carbonyl (C=O) groups excluding carboxylic acids is 1. The summed E-state index contributed by atoms with van der Waals surface area (Å²) < 4.78 is 4.77. The molecule has 0 aromatic carbocycles. The standard InChI is InChI=1S/C12H23NO3/c1-3-5-9-6-11(9)13-8-10(14)7-12(15)16-4-2/h9-11,13-14H,3-8H2,1-2H3. The summed E-state index contributed by atoms with van der Waals surface area (Å²) >= 11 is 0. The van der Waals surface area contributed by atoms with Gasteiger partial charge in [0.15, 0.2) is 0 Å². The van der Waals surface area contributed by atoms with Crippen LogP contribution < -0.4 is 5.32 Å². The quantitative estimate of drug-likeness (QED) is 0.611. The number of esters is 1. The number of aliphatic hydroxyl groups excluding tert-OH is 1. The lowest BCUT2D eigenvalue weighted by Crippen LogP contribution is -2.31. The maximum Gasteiger partial charge on any atom is 0.308 e. The van der Waals surface area contributed by atoms with Crippen molar-refractivity contribution in [3.05, 3.63) is 0 Å². The van der Waals surface area contributed by atoms with Crippen LogP contribution in [-0.2, 0) is 9.53 Å². The normalized spacial score (nSPS) is 25.2. The predicted octanol–water partition coefficient (Wildman–Crippen LogP) is 1.08. The van der Waals surface area contributed by atoms with Crippen LogP contribution in [0.4, 0.5) is 0 Å². The van der Waals surface area contributed by atoms with Gasteiger partial charge in [-0.15, -0.1) is 0 Å². The van der Waals surface area contributed by atoms with E-state index in [1.807, 2.05) is 0 Å². The molecule has 3 unspecified atom stereocenters. The minimum absolute atomic E-state index is 0.0893. The Morgan fingerprint density at radius 1 is 1.56 bits per heavy atom. The van der Waals surface area contributed by atoms with Gasteiger partial charge in [-0.2, -0.15) is 0 Å². The third-order valence-corrected chi connectivity index (χ3v) is 2.91. The summed E-state index contributed by atoms with van der Waals surface area (Å²) in [6, 6.07) is 0.553. The first-order valence-corrected chi connectivity index (χ1v) is 6.24. The maximum atomic E-state index is 11.1. The molecule has 0 aliphatic heterocycles. The molecule has 0 radical (unpaired) electrons. The van der Waals surface area contributed by atoms with Crippen molar-refractivity contribution in [3.63, 3.8) is 0 Å². The summed E-state index contributed by atoms with van der Waals surface area (Å²) in [6.45, 7) is 4.82. The van der Waals surface area contributed by atoms with E-state index >= 15 is 0 Å². The van der Waals surface area contributed by atoms with E-state index in [1.165, 1.54) is 19.3 Å². The first-order chi connectivity index (χ1) is 7.67. The van der Waals surface area contributed by atoms with Crippen molar-refractivity contribution >= 4 is 5.97 Å². The first kappa shape index (κ1) is 13.5. The van der Waals surface area contributed by atoms with E-state index in [2.05, 4.69) is 12.2 Å². The maximum absolute atomic E-state index is 11.1. The fraction of sp³-hybridized carbons (Fsp3) is 0.917. The zero-order chi connectivity index (χ0) is 12.0. The SMILES string of the molecule is CCCC1CC1NCC(O)CC(=O)OCC. The summed E-state index contributed by atoms with van der Waals surface area (Å²) in [7, 11) is 0. The second kappa shape index (κ2) is 6.86. The molecule has 0 amide bonds. The number of nitrogens with one attached hydrogen (secondary N) is 1. The molecule has 4 heteroatoms. The average molecular weight is 229 g/mol. The molecule has 0 aromatic rings. The van der Waals surface area contributed by atoms with Gasteiger partial charge < -0.3 is 15.2 Å². The fourth-order valence-electron chi connectivity index (χ4n) is 1.96. The van der Waals surface area contributed by atoms with Gasteiger partial charge in [0.2, 0.25) is 0 Å². The smallest absolute Gasteiger partial charge is 0.308 e. The third-order valence-electron chi connectivity index (χ3n) is 2.91. The van der Waals surface area contributed by atoms with Crippen LogP contribution in [0.25, 0.3) is 0 Å². The van der Waals surface area contributed by atoms with Crippen LogP contribution in [0.5, 0.6) is 0 Å². The Hall–Kier alpha value is -0.610. The van der Waals surface area contributed by atoms with E-state index in [-0.39, 0.29) is 12.4 Å². The second-order valence-corrected chi connectivity index (χ2v) is 4.46. The molecule has 0 bridgehead atoms. The Morgan fingerprint density at radius 3 is 2.94 bits per heavy atom. The molecule has 3 atom stereocenters. The van der Waals surface area contributed by atoms with Gasteiger partial charge in [0.1, 0.15) is 0 Å². The molecule has 1 saturated carbocycles. The van der Waals surface area contributed by atoms with E-state index in [0.717, 1.165) is 5.92 Å². The Labute approximate surface area is 97.4 Å². The van der Waals surface area contributed by atoms with Gasteiger partial charge in [-0.05, 0) is 25.7 Å². The molecular weight excluding hydrogens is 206 g/mol. The molecule has 4 nitrogen and oxygen atoms in total. The molecule has 0 aromatic heterocycles. The summed E-state index contributed by atoms with van der Waals surface area (Å²) in [4.78, 5) is 11.1. The van der Waals surface area contributed by atoms with E-state index in [0.29, 0.717) is 19.2 Å². The van der Waals surface area contributed by atoms with Crippen molar-refractivity contribution in [2.75, 3.05) is 13.2 Å². The van der Waals surface area contributed by atoms with Gasteiger partial charge in [0, 0.05) is 12.6 Å². The van der Waals surface area contributed by atoms with Gasteiger partial charge in [-0.25, -0.2) is 0 Å². The number of aliphatic hydroxyl groups is 1. The first-order valence-electron chi connectivity index (χ1n) is 6.24. The van der Waals surface area contributed by atoms with Gasteiger partial charge in [-0.1, -0.05) is 13.3 Å². The Morgan fingerprint density at radius 2 is 2.31 bits per heavy atom. The van der Waals surface area contributed by atoms with E-state index in [1.54, 1.807) is 6.92 Å². The lowest BCUT2D eigenvalue weighted by atomic mass is 10.2. The van der Waals surface area contributed by atoms with Crippen LogP contribution in [0.3, 0.4) is 0 Å². The van der Waals surface area contributed by atoms with Crippen LogP contribution in [-0.4, -0.2) is 36.4 Å². The highest BCUT2D eigenvalue weighted by atomic mass is 16.5. The molecule has 0 heterocycles. The van der Waals surface area contributed by atoms with E-state index in [9.17, 15) is 9.90 Å². The third kappa shape index (κ3) is 4.94. The summed E-state index contributed by atoms with van der Waals surface area (Å²) in [5, 5.41) is 12.9. The molecule has 94 valence electrons. The topological polar surface area (TPSA) is 58.6 Å². The number of hydrogen-bond donors (Lipinski definition) is 2. The summed E-state index contributed by atoms with van der Waals surface area (Å²) in [6.07, 6.45) is 3.15. The molecule has 16 heavy (non-hydrogen) atoms. The number of rotatable bonds is 8. The molecule has 1 rings (SSSR count). The van der Waals surface area contributed by atoms with Crippen molar-refractivity contribution < 1.29 is 14.6 Å². The lowest BCUT2D eigenvalue weighted by Gasteiger charge is -2.10. The zero-order valence-corrected chi connectivity index (χ0v) is 10.2. The van der Waals surface area contributed by atoms with Crippen LogP contribution in [0, 0.1) is 5.92 Å². The Balaban J connectivity index is 2.03. The Bertz CT molecular complexity index is 220. The number of carbonyl (C=O) groups is 1. The predicted molar refractivity (Wildman–Crippen MR) is 62.1 cm³/mol.